The zero-order valence-corrected chi connectivity index (χ0v) is 14.2. The molecule has 1 aliphatic carbocycles. The summed E-state index contributed by atoms with van der Waals surface area (Å²) in [5, 5.41) is 0. The van der Waals surface area contributed by atoms with Gasteiger partial charge in [0, 0.05) is 38.1 Å². The Kier molecular flexibility index (Phi) is 4.56. The summed E-state index contributed by atoms with van der Waals surface area (Å²) in [6.45, 7) is 7.65. The Balaban J connectivity index is 1.42. The first-order chi connectivity index (χ1) is 11.4. The minimum Gasteiger partial charge on any atom is -0.496 e. The highest BCUT2D eigenvalue weighted by Gasteiger charge is 2.39. The van der Waals surface area contributed by atoms with Gasteiger partial charge in [0.25, 0.3) is 0 Å². The maximum absolute atomic E-state index is 5.58. The summed E-state index contributed by atoms with van der Waals surface area (Å²) in [4.78, 5) is 5.29. The van der Waals surface area contributed by atoms with Gasteiger partial charge in [0.2, 0.25) is 0 Å². The summed E-state index contributed by atoms with van der Waals surface area (Å²) in [6, 6.07) is 7.34. The number of morpholine rings is 1. The molecule has 1 aromatic carbocycles. The number of hydrogen-bond acceptors (Lipinski definition) is 4. The first-order valence-corrected chi connectivity index (χ1v) is 9.07. The molecule has 0 spiro atoms. The topological polar surface area (TPSA) is 24.9 Å². The van der Waals surface area contributed by atoms with Gasteiger partial charge in [-0.3, -0.25) is 9.80 Å². The molecule has 4 heteroatoms. The largest absolute Gasteiger partial charge is 0.496 e. The van der Waals surface area contributed by atoms with Crippen molar-refractivity contribution < 1.29 is 9.47 Å². The average molecular weight is 316 g/mol. The number of likely N-dealkylation sites (tertiary alicyclic amines) is 1. The van der Waals surface area contributed by atoms with Crippen molar-refractivity contribution in [2.45, 2.75) is 31.2 Å². The standard InChI is InChI=1S/C19H28N2O2/c1-22-19-4-2-3-15-16-7-8-21(18(16)6-5-17(15)19)10-9-20-11-13-23-14-12-20/h2-4,16,18H,5-14H2,1H3/t16-,18+/m1/s1. The van der Waals surface area contributed by atoms with Crippen LogP contribution in [-0.2, 0) is 11.2 Å². The molecule has 0 saturated carbocycles. The first kappa shape index (κ1) is 15.4. The van der Waals surface area contributed by atoms with Crippen molar-refractivity contribution in [1.29, 1.82) is 0 Å². The van der Waals surface area contributed by atoms with Crippen molar-refractivity contribution in [3.05, 3.63) is 29.3 Å². The molecule has 3 aliphatic rings. The van der Waals surface area contributed by atoms with Gasteiger partial charge in [-0.15, -0.1) is 0 Å². The number of benzene rings is 1. The van der Waals surface area contributed by atoms with E-state index >= 15 is 0 Å². The molecule has 0 radical (unpaired) electrons. The van der Waals surface area contributed by atoms with Crippen LogP contribution >= 0.6 is 0 Å². The molecule has 2 saturated heterocycles. The number of fused-ring (bicyclic) bond motifs is 3. The van der Waals surface area contributed by atoms with E-state index in [-0.39, 0.29) is 0 Å². The molecular weight excluding hydrogens is 288 g/mol. The SMILES string of the molecule is COc1cccc2c1CC[C@H]1[C@@H]2CCN1CCN1CCOCC1. The van der Waals surface area contributed by atoms with Crippen molar-refractivity contribution in [2.24, 2.45) is 0 Å². The molecule has 2 atom stereocenters. The van der Waals surface area contributed by atoms with Gasteiger partial charge < -0.3 is 9.47 Å². The van der Waals surface area contributed by atoms with Gasteiger partial charge in [-0.1, -0.05) is 12.1 Å². The third-order valence-corrected chi connectivity index (χ3v) is 5.95. The van der Waals surface area contributed by atoms with Crippen molar-refractivity contribution in [1.82, 2.24) is 9.80 Å². The molecular formula is C19H28N2O2. The van der Waals surface area contributed by atoms with Crippen LogP contribution in [0.25, 0.3) is 0 Å². The summed E-state index contributed by atoms with van der Waals surface area (Å²) in [7, 11) is 1.80. The van der Waals surface area contributed by atoms with Crippen LogP contribution in [-0.4, -0.2) is 68.9 Å². The van der Waals surface area contributed by atoms with E-state index in [0.29, 0.717) is 5.92 Å². The fourth-order valence-electron chi connectivity index (χ4n) is 4.72. The van der Waals surface area contributed by atoms with Gasteiger partial charge in [0.15, 0.2) is 0 Å². The van der Waals surface area contributed by atoms with E-state index in [1.54, 1.807) is 12.7 Å². The van der Waals surface area contributed by atoms with Gasteiger partial charge in [-0.2, -0.15) is 0 Å². The number of rotatable bonds is 4. The van der Waals surface area contributed by atoms with E-state index in [0.717, 1.165) is 44.5 Å². The molecule has 4 nitrogen and oxygen atoms in total. The zero-order valence-electron chi connectivity index (χ0n) is 14.2. The van der Waals surface area contributed by atoms with E-state index in [1.807, 2.05) is 0 Å². The number of ether oxygens (including phenoxy) is 2. The summed E-state index contributed by atoms with van der Waals surface area (Å²) < 4.78 is 11.0. The zero-order chi connectivity index (χ0) is 15.6. The quantitative estimate of drug-likeness (QED) is 0.850. The Labute approximate surface area is 139 Å². The third kappa shape index (κ3) is 3.00. The Morgan fingerprint density at radius 1 is 1.13 bits per heavy atom. The molecule has 0 amide bonds. The Hall–Kier alpha value is -1.10. The molecule has 0 bridgehead atoms. The third-order valence-electron chi connectivity index (χ3n) is 5.95. The second-order valence-electron chi connectivity index (χ2n) is 7.02. The summed E-state index contributed by atoms with van der Waals surface area (Å²) in [5.41, 5.74) is 3.01. The summed E-state index contributed by atoms with van der Waals surface area (Å²) in [6.07, 6.45) is 3.74. The van der Waals surface area contributed by atoms with Crippen molar-refractivity contribution in [2.75, 3.05) is 53.0 Å². The maximum atomic E-state index is 5.58. The Morgan fingerprint density at radius 3 is 2.83 bits per heavy atom. The van der Waals surface area contributed by atoms with E-state index in [2.05, 4.69) is 28.0 Å². The lowest BCUT2D eigenvalue weighted by atomic mass is 9.79. The predicted molar refractivity (Wildman–Crippen MR) is 91.3 cm³/mol. The molecule has 2 fully saturated rings. The van der Waals surface area contributed by atoms with Crippen LogP contribution in [0, 0.1) is 0 Å². The Bertz CT molecular complexity index is 542. The molecule has 2 heterocycles. The second kappa shape index (κ2) is 6.80. The fraction of sp³-hybridized carbons (Fsp3) is 0.684. The van der Waals surface area contributed by atoms with E-state index in [4.69, 9.17) is 9.47 Å². The smallest absolute Gasteiger partial charge is 0.122 e. The van der Waals surface area contributed by atoms with Crippen LogP contribution in [0.5, 0.6) is 5.75 Å². The van der Waals surface area contributed by atoms with Gasteiger partial charge in [-0.05, 0) is 43.0 Å². The lowest BCUT2D eigenvalue weighted by Gasteiger charge is -2.35. The van der Waals surface area contributed by atoms with Gasteiger partial charge in [0.05, 0.1) is 20.3 Å². The monoisotopic (exact) mass is 316 g/mol. The van der Waals surface area contributed by atoms with Crippen molar-refractivity contribution in [3.8, 4) is 5.75 Å². The molecule has 0 aromatic heterocycles. The minimum absolute atomic E-state index is 0.707. The molecule has 4 rings (SSSR count). The molecule has 23 heavy (non-hydrogen) atoms. The second-order valence-corrected chi connectivity index (χ2v) is 7.02. The van der Waals surface area contributed by atoms with Crippen LogP contribution in [0.1, 0.15) is 29.9 Å². The first-order valence-electron chi connectivity index (χ1n) is 9.07. The van der Waals surface area contributed by atoms with Crippen LogP contribution in [0.4, 0.5) is 0 Å². The molecule has 1 aromatic rings. The highest BCUT2D eigenvalue weighted by Crippen LogP contribution is 2.43. The van der Waals surface area contributed by atoms with Crippen LogP contribution in [0.2, 0.25) is 0 Å². The average Bonchev–Trinajstić information content (AvgIpc) is 3.04. The van der Waals surface area contributed by atoms with E-state index in [9.17, 15) is 0 Å². The minimum atomic E-state index is 0.707. The van der Waals surface area contributed by atoms with Crippen LogP contribution < -0.4 is 4.74 Å². The molecule has 2 aliphatic heterocycles. The highest BCUT2D eigenvalue weighted by atomic mass is 16.5. The number of methoxy groups -OCH3 is 1. The van der Waals surface area contributed by atoms with Gasteiger partial charge in [0.1, 0.15) is 5.75 Å². The van der Waals surface area contributed by atoms with Crippen molar-refractivity contribution in [3.63, 3.8) is 0 Å². The molecule has 126 valence electrons. The van der Waals surface area contributed by atoms with E-state index < -0.39 is 0 Å². The lowest BCUT2D eigenvalue weighted by molar-refractivity contribution is 0.0322. The predicted octanol–water partition coefficient (Wildman–Crippen LogP) is 2.13. The van der Waals surface area contributed by atoms with Gasteiger partial charge >= 0.3 is 0 Å². The summed E-state index contributed by atoms with van der Waals surface area (Å²) in [5.74, 6) is 1.80. The highest BCUT2D eigenvalue weighted by molar-refractivity contribution is 5.45. The lowest BCUT2D eigenvalue weighted by Crippen LogP contribution is -2.43. The molecule has 0 N–H and O–H groups in total. The van der Waals surface area contributed by atoms with Crippen LogP contribution in [0.3, 0.4) is 0 Å². The maximum Gasteiger partial charge on any atom is 0.122 e. The van der Waals surface area contributed by atoms with Crippen molar-refractivity contribution >= 4 is 0 Å². The summed E-state index contributed by atoms with van der Waals surface area (Å²) >= 11 is 0. The fourth-order valence-corrected chi connectivity index (χ4v) is 4.72. The normalized spacial score (nSPS) is 28.4. The Morgan fingerprint density at radius 2 is 2.00 bits per heavy atom. The van der Waals surface area contributed by atoms with E-state index in [1.165, 1.54) is 38.0 Å². The molecule has 0 unspecified atom stereocenters. The number of nitrogens with zero attached hydrogens (tertiary/aromatic N) is 2. The van der Waals surface area contributed by atoms with Gasteiger partial charge in [-0.25, -0.2) is 0 Å². The number of hydrogen-bond donors (Lipinski definition) is 0. The van der Waals surface area contributed by atoms with Crippen LogP contribution in [0.15, 0.2) is 18.2 Å².